The van der Waals surface area contributed by atoms with Crippen LogP contribution in [-0.4, -0.2) is 17.0 Å². The SMILES string of the molecule is CCCc1nc(Cc2ccc(F)cc2)nc(NC)c1Br. The summed E-state index contributed by atoms with van der Waals surface area (Å²) in [5.41, 5.74) is 2.00. The van der Waals surface area contributed by atoms with Gasteiger partial charge in [0.2, 0.25) is 0 Å². The van der Waals surface area contributed by atoms with Gasteiger partial charge in [-0.3, -0.25) is 0 Å². The summed E-state index contributed by atoms with van der Waals surface area (Å²) in [4.78, 5) is 9.09. The highest BCUT2D eigenvalue weighted by molar-refractivity contribution is 9.10. The lowest BCUT2D eigenvalue weighted by Gasteiger charge is -2.10. The van der Waals surface area contributed by atoms with Gasteiger partial charge in [-0.2, -0.15) is 0 Å². The standard InChI is InChI=1S/C15H17BrFN3/c1-3-4-12-14(16)15(18-2)20-13(19-12)9-10-5-7-11(17)8-6-10/h5-8H,3-4,9H2,1-2H3,(H,18,19,20). The first-order valence-electron chi connectivity index (χ1n) is 6.61. The van der Waals surface area contributed by atoms with Crippen LogP contribution in [0.3, 0.4) is 0 Å². The van der Waals surface area contributed by atoms with Gasteiger partial charge in [0, 0.05) is 13.5 Å². The Labute approximate surface area is 126 Å². The molecule has 0 saturated carbocycles. The van der Waals surface area contributed by atoms with Crippen LogP contribution in [0.2, 0.25) is 0 Å². The van der Waals surface area contributed by atoms with Crippen molar-refractivity contribution < 1.29 is 4.39 Å². The third-order valence-electron chi connectivity index (χ3n) is 2.97. The molecule has 1 aromatic carbocycles. The minimum Gasteiger partial charge on any atom is -0.372 e. The highest BCUT2D eigenvalue weighted by Crippen LogP contribution is 2.25. The summed E-state index contributed by atoms with van der Waals surface area (Å²) >= 11 is 3.53. The number of nitrogens with one attached hydrogen (secondary N) is 1. The van der Waals surface area contributed by atoms with Crippen molar-refractivity contribution in [3.63, 3.8) is 0 Å². The average Bonchev–Trinajstić information content (AvgIpc) is 2.45. The number of halogens is 2. The largest absolute Gasteiger partial charge is 0.372 e. The number of hydrogen-bond donors (Lipinski definition) is 1. The number of benzene rings is 1. The van der Waals surface area contributed by atoms with E-state index < -0.39 is 0 Å². The maximum atomic E-state index is 12.9. The molecule has 2 aromatic rings. The molecule has 2 rings (SSSR count). The third-order valence-corrected chi connectivity index (χ3v) is 3.80. The summed E-state index contributed by atoms with van der Waals surface area (Å²) in [6.45, 7) is 2.12. The summed E-state index contributed by atoms with van der Waals surface area (Å²) in [6, 6.07) is 6.44. The van der Waals surface area contributed by atoms with Crippen LogP contribution in [0.4, 0.5) is 10.2 Å². The zero-order chi connectivity index (χ0) is 14.5. The maximum Gasteiger partial charge on any atom is 0.144 e. The lowest BCUT2D eigenvalue weighted by atomic mass is 10.1. The van der Waals surface area contributed by atoms with E-state index in [0.717, 1.165) is 40.2 Å². The third kappa shape index (κ3) is 3.54. The number of aromatic nitrogens is 2. The van der Waals surface area contributed by atoms with Gasteiger partial charge in [0.25, 0.3) is 0 Å². The number of anilines is 1. The van der Waals surface area contributed by atoms with E-state index in [1.807, 2.05) is 7.05 Å². The molecule has 0 radical (unpaired) electrons. The first-order chi connectivity index (χ1) is 9.63. The normalized spacial score (nSPS) is 10.6. The van der Waals surface area contributed by atoms with Gasteiger partial charge in [-0.1, -0.05) is 25.5 Å². The molecular formula is C15H17BrFN3. The predicted octanol–water partition coefficient (Wildman–Crippen LogP) is 3.96. The highest BCUT2D eigenvalue weighted by atomic mass is 79.9. The monoisotopic (exact) mass is 337 g/mol. The fourth-order valence-electron chi connectivity index (χ4n) is 1.98. The van der Waals surface area contributed by atoms with Crippen molar-refractivity contribution in [3.8, 4) is 0 Å². The van der Waals surface area contributed by atoms with Gasteiger partial charge in [-0.15, -0.1) is 0 Å². The van der Waals surface area contributed by atoms with Crippen molar-refractivity contribution in [2.75, 3.05) is 12.4 Å². The second-order valence-electron chi connectivity index (χ2n) is 4.55. The van der Waals surface area contributed by atoms with Crippen molar-refractivity contribution in [1.29, 1.82) is 0 Å². The molecule has 106 valence electrons. The number of hydrogen-bond acceptors (Lipinski definition) is 3. The van der Waals surface area contributed by atoms with Crippen LogP contribution in [0.25, 0.3) is 0 Å². The van der Waals surface area contributed by atoms with E-state index in [1.165, 1.54) is 12.1 Å². The molecule has 0 aliphatic rings. The molecule has 1 N–H and O–H groups in total. The number of aryl methyl sites for hydroxylation is 1. The molecule has 1 aromatic heterocycles. The fraction of sp³-hybridized carbons (Fsp3) is 0.333. The zero-order valence-corrected chi connectivity index (χ0v) is 13.2. The highest BCUT2D eigenvalue weighted by Gasteiger charge is 2.11. The van der Waals surface area contributed by atoms with Crippen LogP contribution in [0, 0.1) is 5.82 Å². The fourth-order valence-corrected chi connectivity index (χ4v) is 2.55. The Morgan fingerprint density at radius 2 is 1.90 bits per heavy atom. The zero-order valence-electron chi connectivity index (χ0n) is 11.6. The minimum absolute atomic E-state index is 0.229. The van der Waals surface area contributed by atoms with Crippen LogP contribution in [0.5, 0.6) is 0 Å². The Morgan fingerprint density at radius 3 is 2.50 bits per heavy atom. The van der Waals surface area contributed by atoms with E-state index in [9.17, 15) is 4.39 Å². The summed E-state index contributed by atoms with van der Waals surface area (Å²) in [7, 11) is 1.84. The van der Waals surface area contributed by atoms with Gasteiger partial charge in [-0.25, -0.2) is 14.4 Å². The average molecular weight is 338 g/mol. The van der Waals surface area contributed by atoms with Crippen molar-refractivity contribution in [2.45, 2.75) is 26.2 Å². The van der Waals surface area contributed by atoms with Crippen molar-refractivity contribution in [1.82, 2.24) is 9.97 Å². The summed E-state index contributed by atoms with van der Waals surface area (Å²) in [5.74, 6) is 1.31. The van der Waals surface area contributed by atoms with E-state index in [-0.39, 0.29) is 5.82 Å². The first kappa shape index (κ1) is 14.9. The Morgan fingerprint density at radius 1 is 1.20 bits per heavy atom. The molecule has 3 nitrogen and oxygen atoms in total. The number of nitrogens with zero attached hydrogens (tertiary/aromatic N) is 2. The molecule has 0 unspecified atom stereocenters. The lowest BCUT2D eigenvalue weighted by molar-refractivity contribution is 0.627. The maximum absolute atomic E-state index is 12.9. The predicted molar refractivity (Wildman–Crippen MR) is 82.5 cm³/mol. The van der Waals surface area contributed by atoms with Gasteiger partial charge in [-0.05, 0) is 40.0 Å². The van der Waals surface area contributed by atoms with Crippen LogP contribution in [-0.2, 0) is 12.8 Å². The van der Waals surface area contributed by atoms with Crippen LogP contribution >= 0.6 is 15.9 Å². The second kappa shape index (κ2) is 6.79. The molecule has 1 heterocycles. The van der Waals surface area contributed by atoms with E-state index in [2.05, 4.69) is 38.1 Å². The minimum atomic E-state index is -0.229. The van der Waals surface area contributed by atoms with Crippen LogP contribution < -0.4 is 5.32 Å². The molecule has 0 spiro atoms. The molecule has 0 fully saturated rings. The summed E-state index contributed by atoms with van der Waals surface area (Å²) < 4.78 is 13.8. The van der Waals surface area contributed by atoms with Crippen LogP contribution in [0.15, 0.2) is 28.7 Å². The van der Waals surface area contributed by atoms with Gasteiger partial charge in [0.15, 0.2) is 0 Å². The Hall–Kier alpha value is -1.49. The van der Waals surface area contributed by atoms with Gasteiger partial charge >= 0.3 is 0 Å². The summed E-state index contributed by atoms with van der Waals surface area (Å²) in [6.07, 6.45) is 2.52. The second-order valence-corrected chi connectivity index (χ2v) is 5.35. The van der Waals surface area contributed by atoms with Gasteiger partial charge in [0.05, 0.1) is 10.2 Å². The van der Waals surface area contributed by atoms with E-state index >= 15 is 0 Å². The molecule has 20 heavy (non-hydrogen) atoms. The molecule has 0 saturated heterocycles. The van der Waals surface area contributed by atoms with Crippen molar-refractivity contribution >= 4 is 21.7 Å². The van der Waals surface area contributed by atoms with Crippen molar-refractivity contribution in [2.24, 2.45) is 0 Å². The molecule has 0 amide bonds. The van der Waals surface area contributed by atoms with Gasteiger partial charge in [0.1, 0.15) is 17.5 Å². The quantitative estimate of drug-likeness (QED) is 0.897. The Bertz CT molecular complexity index is 584. The topological polar surface area (TPSA) is 37.8 Å². The van der Waals surface area contributed by atoms with Crippen molar-refractivity contribution in [3.05, 3.63) is 51.6 Å². The molecule has 0 aliphatic carbocycles. The molecule has 5 heteroatoms. The van der Waals surface area contributed by atoms with E-state index in [0.29, 0.717) is 6.42 Å². The molecule has 0 bridgehead atoms. The first-order valence-corrected chi connectivity index (χ1v) is 7.40. The molecular weight excluding hydrogens is 321 g/mol. The molecule has 0 aliphatic heterocycles. The Kier molecular flexibility index (Phi) is 5.06. The smallest absolute Gasteiger partial charge is 0.144 e. The van der Waals surface area contributed by atoms with Crippen LogP contribution in [0.1, 0.15) is 30.4 Å². The van der Waals surface area contributed by atoms with Gasteiger partial charge < -0.3 is 5.32 Å². The Balaban J connectivity index is 2.31. The summed E-state index contributed by atoms with van der Waals surface area (Å²) in [5, 5.41) is 3.07. The lowest BCUT2D eigenvalue weighted by Crippen LogP contribution is -2.06. The number of rotatable bonds is 5. The van der Waals surface area contributed by atoms with E-state index in [4.69, 9.17) is 0 Å². The molecule has 0 atom stereocenters. The van der Waals surface area contributed by atoms with E-state index in [1.54, 1.807) is 12.1 Å².